The lowest BCUT2D eigenvalue weighted by molar-refractivity contribution is -0.209. The molecule has 0 bridgehead atoms. The molecule has 4 aliphatic rings. The van der Waals surface area contributed by atoms with Crippen molar-refractivity contribution in [2.75, 3.05) is 11.9 Å². The molecule has 3 aliphatic carbocycles. The molecule has 194 valence electrons. The second-order valence-corrected chi connectivity index (χ2v) is 11.3. The fourth-order valence-corrected chi connectivity index (χ4v) is 7.12. The van der Waals surface area contributed by atoms with Crippen molar-refractivity contribution in [1.29, 1.82) is 0 Å². The lowest BCUT2D eigenvalue weighted by Gasteiger charge is -2.40. The number of fused-ring (bicyclic) bond motifs is 1. The van der Waals surface area contributed by atoms with Crippen molar-refractivity contribution in [3.8, 4) is 0 Å². The molecule has 3 fully saturated rings. The van der Waals surface area contributed by atoms with Gasteiger partial charge in [0.1, 0.15) is 6.17 Å². The number of carbonyl (C=O) groups is 2. The summed E-state index contributed by atoms with van der Waals surface area (Å²) in [6, 6.07) is 0. The van der Waals surface area contributed by atoms with Crippen LogP contribution in [0.4, 0.5) is 23.2 Å². The molecular formula is C24H30ClF4N3O3. The molecule has 6 nitrogen and oxygen atoms in total. The van der Waals surface area contributed by atoms with Crippen LogP contribution in [0, 0.1) is 23.2 Å². The van der Waals surface area contributed by atoms with Crippen molar-refractivity contribution in [3.63, 3.8) is 0 Å². The molecule has 2 N–H and O–H groups in total. The lowest BCUT2D eigenvalue weighted by Crippen LogP contribution is -2.47. The summed E-state index contributed by atoms with van der Waals surface area (Å²) in [6.07, 6.45) is -2.86. The number of halogens is 5. The molecule has 0 amide bonds. The first kappa shape index (κ1) is 24.8. The molecule has 11 heteroatoms. The molecule has 6 atom stereocenters. The predicted molar refractivity (Wildman–Crippen MR) is 120 cm³/mol. The first-order valence-electron chi connectivity index (χ1n) is 12.5. The molecule has 0 radical (unpaired) electrons. The first-order chi connectivity index (χ1) is 16.5. The Kier molecular flexibility index (Phi) is 6.33. The van der Waals surface area contributed by atoms with Gasteiger partial charge in [-0.05, 0) is 63.7 Å². The van der Waals surface area contributed by atoms with Crippen LogP contribution >= 0.6 is 11.6 Å². The lowest BCUT2D eigenvalue weighted by atomic mass is 9.69. The van der Waals surface area contributed by atoms with E-state index in [4.69, 9.17) is 11.6 Å². The Bertz CT molecular complexity index is 1010. The third kappa shape index (κ3) is 4.13. The monoisotopic (exact) mass is 519 g/mol. The molecule has 2 heterocycles. The molecule has 0 saturated heterocycles. The third-order valence-electron chi connectivity index (χ3n) is 8.75. The zero-order chi connectivity index (χ0) is 25.1. The molecule has 1 aromatic rings. The van der Waals surface area contributed by atoms with E-state index in [1.54, 1.807) is 0 Å². The first-order valence-corrected chi connectivity index (χ1v) is 13.0. The maximum atomic E-state index is 15.1. The number of aromatic nitrogens is 2. The van der Waals surface area contributed by atoms with E-state index in [9.17, 15) is 27.9 Å². The largest absolute Gasteiger partial charge is 0.481 e. The average Bonchev–Trinajstić information content (AvgIpc) is 3.55. The molecule has 0 spiro atoms. The summed E-state index contributed by atoms with van der Waals surface area (Å²) in [5, 5.41) is 16.3. The number of nitrogens with one attached hydrogen (secondary N) is 1. The summed E-state index contributed by atoms with van der Waals surface area (Å²) in [7, 11) is 0. The Labute approximate surface area is 205 Å². The van der Waals surface area contributed by atoms with E-state index in [-0.39, 0.29) is 25.7 Å². The quantitative estimate of drug-likeness (QED) is 0.402. The van der Waals surface area contributed by atoms with Crippen LogP contribution in [-0.2, 0) is 11.2 Å². The second kappa shape index (κ2) is 8.92. The maximum Gasteiger partial charge on any atom is 0.394 e. The van der Waals surface area contributed by atoms with Gasteiger partial charge in [0.05, 0.1) is 34.3 Å². The van der Waals surface area contributed by atoms with E-state index in [0.29, 0.717) is 62.1 Å². The van der Waals surface area contributed by atoms with Crippen molar-refractivity contribution >= 4 is 29.2 Å². The molecule has 6 unspecified atom stereocenters. The SMILES string of the molecule is O=C(O)C1CCC(c2nn(C(=O)C3C(Cl)CCCC3C3(C(F)(F)F)CC3)c3c2NCCC3)C(F)C1. The summed E-state index contributed by atoms with van der Waals surface area (Å²) >= 11 is 6.55. The van der Waals surface area contributed by atoms with E-state index >= 15 is 4.39 Å². The maximum absolute atomic E-state index is 15.1. The van der Waals surface area contributed by atoms with Gasteiger partial charge in [-0.2, -0.15) is 18.3 Å². The molecular weight excluding hydrogens is 490 g/mol. The summed E-state index contributed by atoms with van der Waals surface area (Å²) < 4.78 is 58.4. The van der Waals surface area contributed by atoms with Crippen LogP contribution in [0.15, 0.2) is 0 Å². The van der Waals surface area contributed by atoms with Gasteiger partial charge in [-0.1, -0.05) is 6.42 Å². The normalized spacial score (nSPS) is 34.5. The van der Waals surface area contributed by atoms with Crippen molar-refractivity contribution < 1.29 is 32.3 Å². The predicted octanol–water partition coefficient (Wildman–Crippen LogP) is 5.55. The van der Waals surface area contributed by atoms with Crippen LogP contribution in [0.1, 0.15) is 79.9 Å². The standard InChI is InChI=1S/C24H30ClF4N3O3/c25-15-4-1-3-14(23(8-9-23)24(27,28)29)18(15)21(33)32-17-5-2-10-30-20(17)19(31-32)13-7-6-12(22(34)35)11-16(13)26/h12-16,18,30H,1-11H2,(H,34,35). The molecule has 35 heavy (non-hydrogen) atoms. The van der Waals surface area contributed by atoms with Gasteiger partial charge in [0, 0.05) is 17.8 Å². The summed E-state index contributed by atoms with van der Waals surface area (Å²) in [5.41, 5.74) is -0.357. The van der Waals surface area contributed by atoms with Crippen molar-refractivity contribution in [2.24, 2.45) is 23.2 Å². The van der Waals surface area contributed by atoms with Crippen LogP contribution in [0.3, 0.4) is 0 Å². The number of carboxylic acids is 1. The summed E-state index contributed by atoms with van der Waals surface area (Å²) in [5.74, 6) is -4.90. The summed E-state index contributed by atoms with van der Waals surface area (Å²) in [4.78, 5) is 25.2. The highest BCUT2D eigenvalue weighted by Crippen LogP contribution is 2.66. The zero-order valence-corrected chi connectivity index (χ0v) is 20.0. The number of anilines is 1. The number of carbonyl (C=O) groups excluding carboxylic acids is 1. The number of alkyl halides is 5. The van der Waals surface area contributed by atoms with Gasteiger partial charge in [-0.25, -0.2) is 9.07 Å². The Morgan fingerprint density at radius 2 is 1.89 bits per heavy atom. The number of rotatable bonds is 4. The number of aliphatic carboxylic acids is 1. The van der Waals surface area contributed by atoms with Gasteiger partial charge in [0.15, 0.2) is 0 Å². The third-order valence-corrected chi connectivity index (χ3v) is 9.24. The smallest absolute Gasteiger partial charge is 0.394 e. The van der Waals surface area contributed by atoms with E-state index < -0.39 is 58.7 Å². The summed E-state index contributed by atoms with van der Waals surface area (Å²) in [6.45, 7) is 0.614. The Balaban J connectivity index is 1.49. The Morgan fingerprint density at radius 1 is 1.14 bits per heavy atom. The van der Waals surface area contributed by atoms with Gasteiger partial charge in [0.25, 0.3) is 5.91 Å². The van der Waals surface area contributed by atoms with E-state index in [2.05, 4.69) is 10.4 Å². The van der Waals surface area contributed by atoms with Crippen LogP contribution in [0.25, 0.3) is 0 Å². The van der Waals surface area contributed by atoms with Gasteiger partial charge in [0.2, 0.25) is 0 Å². The molecule has 1 aromatic heterocycles. The van der Waals surface area contributed by atoms with E-state index in [0.717, 1.165) is 0 Å². The highest BCUT2D eigenvalue weighted by atomic mass is 35.5. The van der Waals surface area contributed by atoms with Crippen molar-refractivity contribution in [1.82, 2.24) is 9.78 Å². The van der Waals surface area contributed by atoms with Gasteiger partial charge >= 0.3 is 12.1 Å². The van der Waals surface area contributed by atoms with Crippen molar-refractivity contribution in [2.45, 2.75) is 87.9 Å². The van der Waals surface area contributed by atoms with E-state index in [1.165, 1.54) is 4.68 Å². The van der Waals surface area contributed by atoms with Gasteiger partial charge < -0.3 is 10.4 Å². The molecule has 3 saturated carbocycles. The van der Waals surface area contributed by atoms with Crippen LogP contribution in [0.5, 0.6) is 0 Å². The number of hydrogen-bond donors (Lipinski definition) is 2. The Hall–Kier alpha value is -1.84. The fourth-order valence-electron chi connectivity index (χ4n) is 6.69. The molecule has 1 aliphatic heterocycles. The minimum Gasteiger partial charge on any atom is -0.481 e. The van der Waals surface area contributed by atoms with Crippen LogP contribution in [0.2, 0.25) is 0 Å². The zero-order valence-electron chi connectivity index (χ0n) is 19.3. The topological polar surface area (TPSA) is 84.2 Å². The van der Waals surface area contributed by atoms with Crippen LogP contribution < -0.4 is 5.32 Å². The number of hydrogen-bond acceptors (Lipinski definition) is 4. The fraction of sp³-hybridized carbons (Fsp3) is 0.792. The van der Waals surface area contributed by atoms with Crippen LogP contribution in [-0.4, -0.2) is 51.0 Å². The second-order valence-electron chi connectivity index (χ2n) is 10.7. The number of carboxylic acid groups (broad SMARTS) is 1. The van der Waals surface area contributed by atoms with E-state index in [1.807, 2.05) is 0 Å². The van der Waals surface area contributed by atoms with Crippen molar-refractivity contribution in [3.05, 3.63) is 11.4 Å². The molecule has 5 rings (SSSR count). The minimum absolute atomic E-state index is 0.00885. The average molecular weight is 520 g/mol. The van der Waals surface area contributed by atoms with Gasteiger partial charge in [-0.15, -0.1) is 11.6 Å². The molecule has 0 aromatic carbocycles. The number of nitrogens with zero attached hydrogens (tertiary/aromatic N) is 2. The highest BCUT2D eigenvalue weighted by molar-refractivity contribution is 6.22. The Morgan fingerprint density at radius 3 is 2.51 bits per heavy atom. The minimum atomic E-state index is -4.40. The highest BCUT2D eigenvalue weighted by Gasteiger charge is 2.69. The van der Waals surface area contributed by atoms with Gasteiger partial charge in [-0.3, -0.25) is 9.59 Å².